The van der Waals surface area contributed by atoms with E-state index in [9.17, 15) is 9.59 Å². The molecule has 128 valence electrons. The summed E-state index contributed by atoms with van der Waals surface area (Å²) in [4.78, 5) is 26.6. The number of fused-ring (bicyclic) bond motifs is 2. The summed E-state index contributed by atoms with van der Waals surface area (Å²) in [6.07, 6.45) is 2.01. The van der Waals surface area contributed by atoms with E-state index in [2.05, 4.69) is 17.4 Å². The third-order valence-electron chi connectivity index (χ3n) is 5.79. The van der Waals surface area contributed by atoms with E-state index in [0.29, 0.717) is 39.1 Å². The fourth-order valence-corrected chi connectivity index (χ4v) is 4.28. The summed E-state index contributed by atoms with van der Waals surface area (Å²) < 4.78 is 5.50. The largest absolute Gasteiger partial charge is 0.384 e. The highest BCUT2D eigenvalue weighted by molar-refractivity contribution is 5.85. The minimum Gasteiger partial charge on any atom is -0.384 e. The summed E-state index contributed by atoms with van der Waals surface area (Å²) in [5.41, 5.74) is 8.53. The smallest absolute Gasteiger partial charge is 0.227 e. The molecular formula is C18H23N3O3. The number of amides is 2. The summed E-state index contributed by atoms with van der Waals surface area (Å²) in [6.45, 7) is 3.00. The molecule has 6 heteroatoms. The average molecular weight is 329 g/mol. The molecule has 2 fully saturated rings. The van der Waals surface area contributed by atoms with Crippen molar-refractivity contribution in [3.05, 3.63) is 29.3 Å². The Bertz CT molecular complexity index is 690. The molecule has 1 aromatic rings. The predicted molar refractivity (Wildman–Crippen MR) is 89.5 cm³/mol. The van der Waals surface area contributed by atoms with Gasteiger partial charge in [-0.2, -0.15) is 0 Å². The first-order valence-electron chi connectivity index (χ1n) is 8.59. The summed E-state index contributed by atoms with van der Waals surface area (Å²) in [5.74, 6) is -0.217. The van der Waals surface area contributed by atoms with Gasteiger partial charge in [0.05, 0.1) is 18.4 Å². The number of rotatable bonds is 3. The number of nitrogens with one attached hydrogen (secondary N) is 1. The lowest BCUT2D eigenvalue weighted by molar-refractivity contribution is -0.136. The highest BCUT2D eigenvalue weighted by Crippen LogP contribution is 2.42. The van der Waals surface area contributed by atoms with Crippen LogP contribution in [0.4, 0.5) is 5.69 Å². The van der Waals surface area contributed by atoms with E-state index in [-0.39, 0.29) is 17.7 Å². The molecule has 6 nitrogen and oxygen atoms in total. The Morgan fingerprint density at radius 3 is 3.08 bits per heavy atom. The van der Waals surface area contributed by atoms with Crippen LogP contribution in [-0.4, -0.2) is 49.6 Å². The van der Waals surface area contributed by atoms with Crippen LogP contribution in [0.25, 0.3) is 0 Å². The van der Waals surface area contributed by atoms with Crippen molar-refractivity contribution in [3.8, 4) is 0 Å². The lowest BCUT2D eigenvalue weighted by Crippen LogP contribution is -2.48. The van der Waals surface area contributed by atoms with E-state index in [4.69, 9.17) is 10.5 Å². The third kappa shape index (κ3) is 2.45. The van der Waals surface area contributed by atoms with Crippen molar-refractivity contribution in [2.75, 3.05) is 38.2 Å². The summed E-state index contributed by atoms with van der Waals surface area (Å²) in [6, 6.07) is 6.19. The quantitative estimate of drug-likeness (QED) is 0.848. The SMILES string of the molecule is NC(=O)[C@]12CCOC[C@H]1CN(C(=O)Cc1ccc3c(c1)NCC3)C2. The van der Waals surface area contributed by atoms with Crippen LogP contribution in [0.3, 0.4) is 0 Å². The summed E-state index contributed by atoms with van der Waals surface area (Å²) >= 11 is 0. The molecule has 0 aliphatic carbocycles. The molecule has 0 aromatic heterocycles. The molecule has 2 saturated heterocycles. The third-order valence-corrected chi connectivity index (χ3v) is 5.79. The number of nitrogens with zero attached hydrogens (tertiary/aromatic N) is 1. The van der Waals surface area contributed by atoms with Gasteiger partial charge >= 0.3 is 0 Å². The number of benzene rings is 1. The lowest BCUT2D eigenvalue weighted by Gasteiger charge is -2.34. The van der Waals surface area contributed by atoms with Gasteiger partial charge in [-0.15, -0.1) is 0 Å². The van der Waals surface area contributed by atoms with Crippen LogP contribution in [0.5, 0.6) is 0 Å². The van der Waals surface area contributed by atoms with Gasteiger partial charge < -0.3 is 20.7 Å². The van der Waals surface area contributed by atoms with Gasteiger partial charge in [0.15, 0.2) is 0 Å². The van der Waals surface area contributed by atoms with E-state index >= 15 is 0 Å². The molecule has 3 N–H and O–H groups in total. The number of nitrogens with two attached hydrogens (primary N) is 1. The molecule has 1 aromatic carbocycles. The molecule has 0 unspecified atom stereocenters. The second kappa shape index (κ2) is 5.77. The van der Waals surface area contributed by atoms with Crippen molar-refractivity contribution in [3.63, 3.8) is 0 Å². The second-order valence-electron chi connectivity index (χ2n) is 7.16. The maximum atomic E-state index is 12.7. The highest BCUT2D eigenvalue weighted by Gasteiger charge is 2.53. The molecule has 3 aliphatic heterocycles. The molecule has 3 aliphatic rings. The topological polar surface area (TPSA) is 84.7 Å². The van der Waals surface area contributed by atoms with Crippen molar-refractivity contribution >= 4 is 17.5 Å². The van der Waals surface area contributed by atoms with E-state index in [1.165, 1.54) is 5.56 Å². The number of hydrogen-bond donors (Lipinski definition) is 2. The van der Waals surface area contributed by atoms with Crippen LogP contribution in [0.2, 0.25) is 0 Å². The first-order valence-corrected chi connectivity index (χ1v) is 8.59. The van der Waals surface area contributed by atoms with Gasteiger partial charge in [0.1, 0.15) is 0 Å². The predicted octanol–water partition coefficient (Wildman–Crippen LogP) is 0.548. The van der Waals surface area contributed by atoms with Crippen molar-refractivity contribution < 1.29 is 14.3 Å². The number of carbonyl (C=O) groups excluding carboxylic acids is 2. The van der Waals surface area contributed by atoms with Crippen LogP contribution in [-0.2, 0) is 27.2 Å². The Kier molecular flexibility index (Phi) is 3.72. The van der Waals surface area contributed by atoms with Crippen molar-refractivity contribution in [1.82, 2.24) is 4.90 Å². The zero-order valence-corrected chi connectivity index (χ0v) is 13.7. The first-order chi connectivity index (χ1) is 11.6. The van der Waals surface area contributed by atoms with Crippen molar-refractivity contribution in [2.24, 2.45) is 17.1 Å². The maximum absolute atomic E-state index is 12.7. The van der Waals surface area contributed by atoms with Gasteiger partial charge in [-0.1, -0.05) is 12.1 Å². The number of likely N-dealkylation sites (tertiary alicyclic amines) is 1. The summed E-state index contributed by atoms with van der Waals surface area (Å²) in [7, 11) is 0. The Morgan fingerprint density at radius 1 is 1.42 bits per heavy atom. The molecule has 2 amide bonds. The van der Waals surface area contributed by atoms with E-state index in [1.807, 2.05) is 6.07 Å². The van der Waals surface area contributed by atoms with Gasteiger partial charge in [0.2, 0.25) is 11.8 Å². The van der Waals surface area contributed by atoms with Crippen molar-refractivity contribution in [2.45, 2.75) is 19.3 Å². The fraction of sp³-hybridized carbons (Fsp3) is 0.556. The number of carbonyl (C=O) groups is 2. The van der Waals surface area contributed by atoms with Gasteiger partial charge in [0.25, 0.3) is 0 Å². The zero-order valence-electron chi connectivity index (χ0n) is 13.7. The van der Waals surface area contributed by atoms with Crippen LogP contribution < -0.4 is 11.1 Å². The Morgan fingerprint density at radius 2 is 2.29 bits per heavy atom. The molecule has 0 spiro atoms. The Labute approximate surface area is 141 Å². The maximum Gasteiger partial charge on any atom is 0.227 e. The minimum absolute atomic E-state index is 0.0226. The molecule has 4 rings (SSSR count). The van der Waals surface area contributed by atoms with Gasteiger partial charge in [-0.05, 0) is 30.0 Å². The van der Waals surface area contributed by atoms with Crippen LogP contribution in [0.1, 0.15) is 17.5 Å². The number of anilines is 1. The fourth-order valence-electron chi connectivity index (χ4n) is 4.28. The normalized spacial score (nSPS) is 28.2. The Hall–Kier alpha value is -2.08. The van der Waals surface area contributed by atoms with Crippen LogP contribution in [0, 0.1) is 11.3 Å². The molecule has 0 radical (unpaired) electrons. The second-order valence-corrected chi connectivity index (χ2v) is 7.16. The van der Waals surface area contributed by atoms with Gasteiger partial charge in [0, 0.05) is 37.8 Å². The number of ether oxygens (including phenoxy) is 1. The monoisotopic (exact) mass is 329 g/mol. The van der Waals surface area contributed by atoms with Crippen LogP contribution >= 0.6 is 0 Å². The molecule has 0 saturated carbocycles. The number of primary amides is 1. The molecular weight excluding hydrogens is 306 g/mol. The summed E-state index contributed by atoms with van der Waals surface area (Å²) in [5, 5.41) is 3.34. The average Bonchev–Trinajstić information content (AvgIpc) is 3.19. The lowest BCUT2D eigenvalue weighted by atomic mass is 9.74. The zero-order chi connectivity index (χ0) is 16.7. The van der Waals surface area contributed by atoms with Gasteiger partial charge in [-0.25, -0.2) is 0 Å². The standard InChI is InChI=1S/C18H23N3O3/c19-17(23)18-4-6-24-10-14(18)9-21(11-18)16(22)8-12-1-2-13-3-5-20-15(13)7-12/h1-2,7,14,20H,3-6,8-11H2,(H2,19,23)/t14-,18+/m1/s1. The minimum atomic E-state index is -0.604. The van der Waals surface area contributed by atoms with Crippen LogP contribution in [0.15, 0.2) is 18.2 Å². The van der Waals surface area contributed by atoms with E-state index in [0.717, 1.165) is 24.2 Å². The van der Waals surface area contributed by atoms with Crippen molar-refractivity contribution in [1.29, 1.82) is 0 Å². The molecule has 0 bridgehead atoms. The highest BCUT2D eigenvalue weighted by atomic mass is 16.5. The molecule has 3 heterocycles. The van der Waals surface area contributed by atoms with E-state index in [1.54, 1.807) is 4.90 Å². The number of hydrogen-bond acceptors (Lipinski definition) is 4. The molecule has 2 atom stereocenters. The Balaban J connectivity index is 1.48. The van der Waals surface area contributed by atoms with Gasteiger partial charge in [-0.3, -0.25) is 9.59 Å². The molecule has 24 heavy (non-hydrogen) atoms. The first kappa shape index (κ1) is 15.4. The van der Waals surface area contributed by atoms with E-state index < -0.39 is 5.41 Å².